The Bertz CT molecular complexity index is 409. The van der Waals surface area contributed by atoms with Crippen LogP contribution in [0.3, 0.4) is 0 Å². The zero-order valence-electron chi connectivity index (χ0n) is 10.9. The molecule has 1 saturated heterocycles. The molecule has 18 heavy (non-hydrogen) atoms. The highest BCUT2D eigenvalue weighted by molar-refractivity contribution is 5.55. The monoisotopic (exact) mass is 253 g/mol. The normalized spacial score (nSPS) is 22.0. The summed E-state index contributed by atoms with van der Waals surface area (Å²) in [4.78, 5) is 2.10. The van der Waals surface area contributed by atoms with Gasteiger partial charge in [0.1, 0.15) is 5.82 Å². The maximum Gasteiger partial charge on any atom is 0.131 e. The molecule has 1 fully saturated rings. The number of aliphatic hydroxyl groups is 1. The van der Waals surface area contributed by atoms with Gasteiger partial charge < -0.3 is 14.7 Å². The van der Waals surface area contributed by atoms with Gasteiger partial charge in [0, 0.05) is 31.5 Å². The smallest absolute Gasteiger partial charge is 0.131 e. The van der Waals surface area contributed by atoms with Crippen LogP contribution in [0.2, 0.25) is 0 Å². The molecule has 2 atom stereocenters. The number of anilines is 1. The van der Waals surface area contributed by atoms with E-state index in [0.29, 0.717) is 5.56 Å². The zero-order chi connectivity index (χ0) is 13.1. The van der Waals surface area contributed by atoms with E-state index >= 15 is 0 Å². The Morgan fingerprint density at radius 3 is 2.94 bits per heavy atom. The summed E-state index contributed by atoms with van der Waals surface area (Å²) in [5.74, 6) is -0.345. The Morgan fingerprint density at radius 1 is 1.50 bits per heavy atom. The van der Waals surface area contributed by atoms with E-state index in [4.69, 9.17) is 4.74 Å². The Labute approximate surface area is 107 Å². The lowest BCUT2D eigenvalue weighted by Crippen LogP contribution is -2.39. The quantitative estimate of drug-likeness (QED) is 0.898. The molecule has 2 unspecified atom stereocenters. The summed E-state index contributed by atoms with van der Waals surface area (Å²) in [7, 11) is 1.70. The molecule has 0 bridgehead atoms. The molecule has 4 heteroatoms. The highest BCUT2D eigenvalue weighted by Gasteiger charge is 2.24. The second-order valence-electron chi connectivity index (χ2n) is 4.79. The molecule has 1 aromatic carbocycles. The van der Waals surface area contributed by atoms with Gasteiger partial charge in [-0.1, -0.05) is 6.07 Å². The van der Waals surface area contributed by atoms with E-state index in [-0.39, 0.29) is 11.9 Å². The van der Waals surface area contributed by atoms with E-state index in [2.05, 4.69) is 4.90 Å². The van der Waals surface area contributed by atoms with Crippen molar-refractivity contribution in [2.75, 3.05) is 25.1 Å². The van der Waals surface area contributed by atoms with E-state index in [9.17, 15) is 9.50 Å². The molecule has 100 valence electrons. The minimum atomic E-state index is -0.802. The van der Waals surface area contributed by atoms with Gasteiger partial charge in [0.15, 0.2) is 0 Å². The van der Waals surface area contributed by atoms with E-state index in [0.717, 1.165) is 31.6 Å². The maximum absolute atomic E-state index is 13.8. The van der Waals surface area contributed by atoms with Crippen molar-refractivity contribution in [2.45, 2.75) is 32.0 Å². The minimum Gasteiger partial charge on any atom is -0.389 e. The van der Waals surface area contributed by atoms with Crippen molar-refractivity contribution in [3.05, 3.63) is 29.6 Å². The van der Waals surface area contributed by atoms with E-state index in [1.165, 1.54) is 6.07 Å². The minimum absolute atomic E-state index is 0.184. The highest BCUT2D eigenvalue weighted by Crippen LogP contribution is 2.31. The van der Waals surface area contributed by atoms with Crippen molar-refractivity contribution in [2.24, 2.45) is 0 Å². The van der Waals surface area contributed by atoms with Gasteiger partial charge in [-0.05, 0) is 31.9 Å². The second kappa shape index (κ2) is 5.67. The van der Waals surface area contributed by atoms with Gasteiger partial charge in [0.25, 0.3) is 0 Å². The average Bonchev–Trinajstić information content (AvgIpc) is 2.38. The molecule has 0 radical (unpaired) electrons. The summed E-state index contributed by atoms with van der Waals surface area (Å²) in [6.07, 6.45) is 1.44. The van der Waals surface area contributed by atoms with Crippen LogP contribution in [0.4, 0.5) is 10.1 Å². The molecule has 0 aliphatic carbocycles. The average molecular weight is 253 g/mol. The van der Waals surface area contributed by atoms with Gasteiger partial charge >= 0.3 is 0 Å². The van der Waals surface area contributed by atoms with Gasteiger partial charge in [-0.25, -0.2) is 4.39 Å². The first-order valence-corrected chi connectivity index (χ1v) is 6.37. The molecule has 0 saturated carbocycles. The lowest BCUT2D eigenvalue weighted by molar-refractivity contribution is 0.0890. The molecule has 1 N–H and O–H groups in total. The fraction of sp³-hybridized carbons (Fsp3) is 0.571. The number of methoxy groups -OCH3 is 1. The van der Waals surface area contributed by atoms with Gasteiger partial charge in [0.05, 0.1) is 12.2 Å². The summed E-state index contributed by atoms with van der Waals surface area (Å²) in [5.41, 5.74) is 1.17. The number of nitrogens with zero attached hydrogens (tertiary/aromatic N) is 1. The second-order valence-corrected chi connectivity index (χ2v) is 4.79. The lowest BCUT2D eigenvalue weighted by atomic mass is 10.0. The van der Waals surface area contributed by atoms with Crippen molar-refractivity contribution >= 4 is 5.69 Å². The molecule has 1 heterocycles. The third-order valence-corrected chi connectivity index (χ3v) is 3.50. The first-order valence-electron chi connectivity index (χ1n) is 6.37. The number of hydrogen-bond acceptors (Lipinski definition) is 3. The number of aliphatic hydroxyl groups excluding tert-OH is 1. The van der Waals surface area contributed by atoms with Crippen LogP contribution in [-0.4, -0.2) is 31.4 Å². The molecule has 3 nitrogen and oxygen atoms in total. The summed E-state index contributed by atoms with van der Waals surface area (Å²) in [6, 6.07) is 4.94. The highest BCUT2D eigenvalue weighted by atomic mass is 19.1. The van der Waals surface area contributed by atoms with Crippen molar-refractivity contribution < 1.29 is 14.2 Å². The first kappa shape index (κ1) is 13.3. The Balaban J connectivity index is 2.29. The van der Waals surface area contributed by atoms with Crippen LogP contribution in [0, 0.1) is 5.82 Å². The molecule has 0 aromatic heterocycles. The van der Waals surface area contributed by atoms with Crippen molar-refractivity contribution in [3.63, 3.8) is 0 Å². The predicted molar refractivity (Wildman–Crippen MR) is 69.3 cm³/mol. The van der Waals surface area contributed by atoms with Crippen LogP contribution in [-0.2, 0) is 4.74 Å². The number of rotatable bonds is 3. The van der Waals surface area contributed by atoms with Crippen LogP contribution in [0.25, 0.3) is 0 Å². The number of piperidine rings is 1. The topological polar surface area (TPSA) is 32.7 Å². The van der Waals surface area contributed by atoms with Crippen molar-refractivity contribution in [3.8, 4) is 0 Å². The lowest BCUT2D eigenvalue weighted by Gasteiger charge is -2.35. The van der Waals surface area contributed by atoms with Crippen LogP contribution in [0.15, 0.2) is 18.2 Å². The fourth-order valence-corrected chi connectivity index (χ4v) is 2.56. The molecule has 0 amide bonds. The third kappa shape index (κ3) is 2.65. The number of benzene rings is 1. The SMILES string of the molecule is COC1CCCN(c2cccc(F)c2C(C)O)C1. The van der Waals surface area contributed by atoms with Crippen LogP contribution >= 0.6 is 0 Å². The van der Waals surface area contributed by atoms with Gasteiger partial charge in [-0.15, -0.1) is 0 Å². The molecular formula is C14H20FNO2. The summed E-state index contributed by atoms with van der Waals surface area (Å²) in [6.45, 7) is 3.22. The van der Waals surface area contributed by atoms with Gasteiger partial charge in [-0.3, -0.25) is 0 Å². The Kier molecular flexibility index (Phi) is 4.19. The fourth-order valence-electron chi connectivity index (χ4n) is 2.56. The molecule has 0 spiro atoms. The van der Waals surface area contributed by atoms with E-state index in [1.54, 1.807) is 20.1 Å². The number of halogens is 1. The molecule has 1 aliphatic rings. The van der Waals surface area contributed by atoms with E-state index < -0.39 is 6.10 Å². The molecule has 1 aromatic rings. The van der Waals surface area contributed by atoms with Crippen LogP contribution in [0.5, 0.6) is 0 Å². The number of hydrogen-bond donors (Lipinski definition) is 1. The largest absolute Gasteiger partial charge is 0.389 e. The molecular weight excluding hydrogens is 233 g/mol. The Hall–Kier alpha value is -1.13. The van der Waals surface area contributed by atoms with Crippen LogP contribution in [0.1, 0.15) is 31.4 Å². The number of ether oxygens (including phenoxy) is 1. The predicted octanol–water partition coefficient (Wildman–Crippen LogP) is 2.49. The molecule has 1 aliphatic heterocycles. The summed E-state index contributed by atoms with van der Waals surface area (Å²) in [5, 5.41) is 9.74. The summed E-state index contributed by atoms with van der Waals surface area (Å²) >= 11 is 0. The summed E-state index contributed by atoms with van der Waals surface area (Å²) < 4.78 is 19.2. The van der Waals surface area contributed by atoms with E-state index in [1.807, 2.05) is 6.07 Å². The van der Waals surface area contributed by atoms with Crippen molar-refractivity contribution in [1.82, 2.24) is 0 Å². The standard InChI is InChI=1S/C14H20FNO2/c1-10(17)14-12(15)6-3-7-13(14)16-8-4-5-11(9-16)18-2/h3,6-7,10-11,17H,4-5,8-9H2,1-2H3. The van der Waals surface area contributed by atoms with Gasteiger partial charge in [-0.2, -0.15) is 0 Å². The first-order chi connectivity index (χ1) is 8.63. The molecule has 2 rings (SSSR count). The van der Waals surface area contributed by atoms with Crippen LogP contribution < -0.4 is 4.90 Å². The van der Waals surface area contributed by atoms with Crippen molar-refractivity contribution in [1.29, 1.82) is 0 Å². The zero-order valence-corrected chi connectivity index (χ0v) is 10.9. The maximum atomic E-state index is 13.8. The van der Waals surface area contributed by atoms with Gasteiger partial charge in [0.2, 0.25) is 0 Å². The third-order valence-electron chi connectivity index (χ3n) is 3.50. The Morgan fingerprint density at radius 2 is 2.28 bits per heavy atom.